The van der Waals surface area contributed by atoms with Crippen molar-refractivity contribution in [2.45, 2.75) is 49.5 Å². The quantitative estimate of drug-likeness (QED) is 0.617. The molecule has 0 radical (unpaired) electrons. The second-order valence-electron chi connectivity index (χ2n) is 8.73. The molecule has 2 aromatic carbocycles. The van der Waals surface area contributed by atoms with Crippen molar-refractivity contribution >= 4 is 15.9 Å². The number of nitrogens with zero attached hydrogens (tertiary/aromatic N) is 2. The largest absolute Gasteiger partial charge is 0.486 e. The smallest absolute Gasteiger partial charge is 0.243 e. The van der Waals surface area contributed by atoms with Crippen LogP contribution in [0, 0.1) is 0 Å². The zero-order valence-corrected chi connectivity index (χ0v) is 19.9. The van der Waals surface area contributed by atoms with Gasteiger partial charge >= 0.3 is 0 Å². The maximum atomic E-state index is 12.9. The van der Waals surface area contributed by atoms with Gasteiger partial charge in [0.05, 0.1) is 11.4 Å². The third-order valence-electron chi connectivity index (χ3n) is 6.22. The van der Waals surface area contributed by atoms with Crippen molar-refractivity contribution in [2.24, 2.45) is 0 Å². The Bertz CT molecular complexity index is 1050. The Hall–Kier alpha value is -2.58. The number of amides is 1. The number of likely N-dealkylation sites (N-methyl/N-ethyl adjacent to an activating group) is 1. The van der Waals surface area contributed by atoms with E-state index >= 15 is 0 Å². The fraction of sp³-hybridized carbons (Fsp3) is 0.480. The molecule has 2 aliphatic heterocycles. The summed E-state index contributed by atoms with van der Waals surface area (Å²) >= 11 is 0. The van der Waals surface area contributed by atoms with E-state index in [-0.39, 0.29) is 12.0 Å². The van der Waals surface area contributed by atoms with Gasteiger partial charge in [-0.25, -0.2) is 8.42 Å². The number of hydrogen-bond acceptors (Lipinski definition) is 5. The van der Waals surface area contributed by atoms with Gasteiger partial charge in [-0.3, -0.25) is 4.79 Å². The number of rotatable bonds is 7. The number of aryl methyl sites for hydroxylation is 1. The Morgan fingerprint density at radius 3 is 2.36 bits per heavy atom. The average Bonchev–Trinajstić information content (AvgIpc) is 3.13. The minimum Gasteiger partial charge on any atom is -0.486 e. The Labute approximate surface area is 196 Å². The highest BCUT2D eigenvalue weighted by molar-refractivity contribution is 7.89. The van der Waals surface area contributed by atoms with Crippen LogP contribution in [0.3, 0.4) is 0 Å². The molecule has 8 heteroatoms. The summed E-state index contributed by atoms with van der Waals surface area (Å²) < 4.78 is 39.1. The van der Waals surface area contributed by atoms with Crippen LogP contribution in [-0.2, 0) is 21.2 Å². The molecule has 1 amide bonds. The summed E-state index contributed by atoms with van der Waals surface area (Å²) in [6, 6.07) is 14.5. The summed E-state index contributed by atoms with van der Waals surface area (Å²) in [5.74, 6) is 1.44. The van der Waals surface area contributed by atoms with E-state index in [0.717, 1.165) is 37.0 Å². The highest BCUT2D eigenvalue weighted by atomic mass is 32.2. The van der Waals surface area contributed by atoms with Gasteiger partial charge in [-0.05, 0) is 49.1 Å². The first-order chi connectivity index (χ1) is 15.9. The molecule has 1 saturated heterocycles. The number of carbonyl (C=O) groups excluding carboxylic acids is 1. The lowest BCUT2D eigenvalue weighted by Gasteiger charge is -2.29. The Morgan fingerprint density at radius 2 is 1.67 bits per heavy atom. The molecule has 178 valence electrons. The number of para-hydroxylation sites is 2. The van der Waals surface area contributed by atoms with Crippen LogP contribution in [0.2, 0.25) is 0 Å². The lowest BCUT2D eigenvalue weighted by atomic mass is 10.1. The van der Waals surface area contributed by atoms with Gasteiger partial charge in [-0.2, -0.15) is 4.31 Å². The third kappa shape index (κ3) is 5.86. The molecule has 0 aliphatic carbocycles. The summed E-state index contributed by atoms with van der Waals surface area (Å²) in [4.78, 5) is 14.6. The molecule has 2 heterocycles. The number of fused-ring (bicyclic) bond motifs is 1. The molecule has 4 rings (SSSR count). The third-order valence-corrected chi connectivity index (χ3v) is 8.14. The van der Waals surface area contributed by atoms with Gasteiger partial charge in [0.25, 0.3) is 0 Å². The predicted molar refractivity (Wildman–Crippen MR) is 126 cm³/mol. The van der Waals surface area contributed by atoms with Gasteiger partial charge in [0, 0.05) is 26.6 Å². The first kappa shape index (κ1) is 23.6. The van der Waals surface area contributed by atoms with Crippen molar-refractivity contribution in [1.29, 1.82) is 0 Å². The van der Waals surface area contributed by atoms with Crippen LogP contribution >= 0.6 is 0 Å². The molecule has 1 atom stereocenters. The maximum absolute atomic E-state index is 12.9. The van der Waals surface area contributed by atoms with E-state index in [0.29, 0.717) is 49.7 Å². The maximum Gasteiger partial charge on any atom is 0.243 e. The molecule has 1 fully saturated rings. The molecule has 7 nitrogen and oxygen atoms in total. The highest BCUT2D eigenvalue weighted by Crippen LogP contribution is 2.31. The number of hydrogen-bond donors (Lipinski definition) is 0. The molecular weight excluding hydrogens is 440 g/mol. The summed E-state index contributed by atoms with van der Waals surface area (Å²) in [6.45, 7) is 2.03. The van der Waals surface area contributed by atoms with E-state index in [1.807, 2.05) is 36.4 Å². The zero-order chi connectivity index (χ0) is 23.3. The minimum absolute atomic E-state index is 0.0127. The van der Waals surface area contributed by atoms with E-state index in [1.54, 1.807) is 28.4 Å². The van der Waals surface area contributed by atoms with Crippen molar-refractivity contribution in [1.82, 2.24) is 9.21 Å². The summed E-state index contributed by atoms with van der Waals surface area (Å²) in [7, 11) is -1.69. The molecular formula is C25H32N2O5S. The zero-order valence-electron chi connectivity index (χ0n) is 19.1. The average molecular weight is 473 g/mol. The molecule has 0 saturated carbocycles. The molecule has 33 heavy (non-hydrogen) atoms. The monoisotopic (exact) mass is 472 g/mol. The molecule has 0 bridgehead atoms. The summed E-state index contributed by atoms with van der Waals surface area (Å²) in [6.07, 6.45) is 4.69. The lowest BCUT2D eigenvalue weighted by Crippen LogP contribution is -2.41. The SMILES string of the molecule is CN(C[C@@H]1COc2ccccc2O1)C(=O)CCc1ccc(S(=O)(=O)N2CCCCCC2)cc1. The predicted octanol–water partition coefficient (Wildman–Crippen LogP) is 3.48. The van der Waals surface area contributed by atoms with E-state index in [1.165, 1.54) is 0 Å². The second-order valence-corrected chi connectivity index (χ2v) is 10.7. The first-order valence-electron chi connectivity index (χ1n) is 11.6. The molecule has 0 unspecified atom stereocenters. The van der Waals surface area contributed by atoms with E-state index in [2.05, 4.69) is 0 Å². The van der Waals surface area contributed by atoms with Crippen LogP contribution in [0.25, 0.3) is 0 Å². The normalized spacial score (nSPS) is 19.0. The van der Waals surface area contributed by atoms with Gasteiger partial charge in [0.1, 0.15) is 6.61 Å². The lowest BCUT2D eigenvalue weighted by molar-refractivity contribution is -0.131. The van der Waals surface area contributed by atoms with Gasteiger partial charge in [-0.1, -0.05) is 37.1 Å². The summed E-state index contributed by atoms with van der Waals surface area (Å²) in [5.41, 5.74) is 0.942. The van der Waals surface area contributed by atoms with Crippen LogP contribution in [0.5, 0.6) is 11.5 Å². The Kier molecular flexibility index (Phi) is 7.55. The number of ether oxygens (including phenoxy) is 2. The van der Waals surface area contributed by atoms with Crippen molar-refractivity contribution in [3.63, 3.8) is 0 Å². The number of carbonyl (C=O) groups is 1. The van der Waals surface area contributed by atoms with Crippen molar-refractivity contribution < 1.29 is 22.7 Å². The Balaban J connectivity index is 1.28. The van der Waals surface area contributed by atoms with Crippen molar-refractivity contribution in [3.05, 3.63) is 54.1 Å². The molecule has 2 aromatic rings. The highest BCUT2D eigenvalue weighted by Gasteiger charge is 2.25. The topological polar surface area (TPSA) is 76.1 Å². The number of sulfonamides is 1. The van der Waals surface area contributed by atoms with E-state index in [9.17, 15) is 13.2 Å². The fourth-order valence-electron chi connectivity index (χ4n) is 4.26. The van der Waals surface area contributed by atoms with Crippen LogP contribution in [0.4, 0.5) is 0 Å². The van der Waals surface area contributed by atoms with Crippen molar-refractivity contribution in [3.8, 4) is 11.5 Å². The first-order valence-corrected chi connectivity index (χ1v) is 13.1. The van der Waals surface area contributed by atoms with E-state index < -0.39 is 10.0 Å². The number of benzene rings is 2. The molecule has 0 spiro atoms. The van der Waals surface area contributed by atoms with Crippen molar-refractivity contribution in [2.75, 3.05) is 33.3 Å². The van der Waals surface area contributed by atoms with Gasteiger partial charge < -0.3 is 14.4 Å². The molecule has 0 aromatic heterocycles. The molecule has 2 aliphatic rings. The minimum atomic E-state index is -3.45. The van der Waals surface area contributed by atoms with E-state index in [4.69, 9.17) is 9.47 Å². The van der Waals surface area contributed by atoms with Crippen LogP contribution in [-0.4, -0.2) is 62.9 Å². The summed E-state index contributed by atoms with van der Waals surface area (Å²) in [5, 5.41) is 0. The Morgan fingerprint density at radius 1 is 1.00 bits per heavy atom. The van der Waals surface area contributed by atoms with Crippen LogP contribution < -0.4 is 9.47 Å². The van der Waals surface area contributed by atoms with Crippen LogP contribution in [0.1, 0.15) is 37.7 Å². The second kappa shape index (κ2) is 10.6. The standard InChI is InChI=1S/C25H32N2O5S/c1-26(18-21-19-31-23-8-4-5-9-24(23)32-21)25(28)15-12-20-10-13-22(14-11-20)33(29,30)27-16-6-2-3-7-17-27/h4-5,8-11,13-14,21H,2-3,6-7,12,15-19H2,1H3/t21-/m1/s1. The molecule has 0 N–H and O–H groups in total. The van der Waals surface area contributed by atoms with Gasteiger partial charge in [-0.15, -0.1) is 0 Å². The van der Waals surface area contributed by atoms with Crippen LogP contribution in [0.15, 0.2) is 53.4 Å². The fourth-order valence-corrected chi connectivity index (χ4v) is 5.78. The van der Waals surface area contributed by atoms with Gasteiger partial charge in [0.2, 0.25) is 15.9 Å². The van der Waals surface area contributed by atoms with Gasteiger partial charge in [0.15, 0.2) is 17.6 Å².